The van der Waals surface area contributed by atoms with Crippen molar-refractivity contribution in [1.82, 2.24) is 15.3 Å². The number of aldehydes is 1. The van der Waals surface area contributed by atoms with Gasteiger partial charge in [-0.05, 0) is 86.6 Å². The van der Waals surface area contributed by atoms with Crippen LogP contribution in [-0.4, -0.2) is 57.9 Å². The molecule has 0 saturated heterocycles. The van der Waals surface area contributed by atoms with Gasteiger partial charge in [-0.15, -0.1) is 0 Å². The molecule has 2 aliphatic rings. The highest BCUT2D eigenvalue weighted by Crippen LogP contribution is 2.62. The zero-order valence-corrected chi connectivity index (χ0v) is 39.5. The van der Waals surface area contributed by atoms with E-state index in [2.05, 4.69) is 76.7 Å². The molecule has 0 aliphatic heterocycles. The van der Waals surface area contributed by atoms with E-state index in [0.29, 0.717) is 56.6 Å². The molecule has 2 aliphatic carbocycles. The number of carbonyl (C=O) groups is 3. The quantitative estimate of drug-likeness (QED) is 0.0589. The van der Waals surface area contributed by atoms with Crippen LogP contribution in [0.4, 0.5) is 0 Å². The summed E-state index contributed by atoms with van der Waals surface area (Å²) in [5, 5.41) is 30.9. The second kappa shape index (κ2) is 22.9. The van der Waals surface area contributed by atoms with Gasteiger partial charge in [0, 0.05) is 88.6 Å². The van der Waals surface area contributed by atoms with Crippen LogP contribution in [0.25, 0.3) is 0 Å². The maximum Gasteiger partial charge on any atom is 0.253 e. The first-order valence-corrected chi connectivity index (χ1v) is 22.5. The predicted octanol–water partition coefficient (Wildman–Crippen LogP) is 11.6. The van der Waals surface area contributed by atoms with E-state index < -0.39 is 0 Å². The highest BCUT2D eigenvalue weighted by atomic mass is 35.5. The number of ether oxygens (including phenoxy) is 2. The average Bonchev–Trinajstić information content (AvgIpc) is 3.26. The number of nitriles is 2. The molecule has 0 atom stereocenters. The third-order valence-electron chi connectivity index (χ3n) is 13.1. The minimum Gasteiger partial charge on any atom is -0.489 e. The van der Waals surface area contributed by atoms with Gasteiger partial charge in [0.25, 0.3) is 5.91 Å². The summed E-state index contributed by atoms with van der Waals surface area (Å²) in [7, 11) is 0. The van der Waals surface area contributed by atoms with Crippen LogP contribution < -0.4 is 14.8 Å². The maximum absolute atomic E-state index is 13.0. The first kappa shape index (κ1) is 55.0. The van der Waals surface area contributed by atoms with Crippen LogP contribution in [0.2, 0.25) is 10.0 Å². The molecule has 1 amide bonds. The summed E-state index contributed by atoms with van der Waals surface area (Å²) in [6.45, 7) is 17.0. The Bertz CT molecular complexity index is 2350. The number of pyridine rings is 2. The number of aliphatic hydroxyl groups is 1. The van der Waals surface area contributed by atoms with Crippen molar-refractivity contribution in [3.05, 3.63) is 117 Å². The summed E-state index contributed by atoms with van der Waals surface area (Å²) in [6, 6.07) is 21.5. The van der Waals surface area contributed by atoms with E-state index in [0.717, 1.165) is 49.8 Å². The smallest absolute Gasteiger partial charge is 0.253 e. The molecule has 354 valence electrons. The monoisotopic (exact) mass is 939 g/mol. The Morgan fingerprint density at radius 1 is 0.712 bits per heavy atom. The lowest BCUT2D eigenvalue weighted by Gasteiger charge is -2.63. The summed E-state index contributed by atoms with van der Waals surface area (Å²) in [5.41, 5.74) is 2.67. The van der Waals surface area contributed by atoms with Crippen molar-refractivity contribution < 1.29 is 29.0 Å². The summed E-state index contributed by atoms with van der Waals surface area (Å²) >= 11 is 12.3. The van der Waals surface area contributed by atoms with Crippen LogP contribution in [0.15, 0.2) is 73.1 Å². The Hall–Kier alpha value is -5.33. The lowest BCUT2D eigenvalue weighted by Crippen LogP contribution is -2.74. The maximum atomic E-state index is 13.0. The Labute approximate surface area is 402 Å². The van der Waals surface area contributed by atoms with Crippen molar-refractivity contribution in [1.29, 1.82) is 10.5 Å². The molecule has 0 radical (unpaired) electrons. The number of ketones is 1. The molecule has 66 heavy (non-hydrogen) atoms. The normalized spacial score (nSPS) is 20.0. The Balaban J connectivity index is 0.000000340. The standard InChI is InChI=1S/C26H29ClN2O3.C25H30ClN3O3.2CH4/c1-25(2)23(14-22(31)18-8-10-19(29-16-18)7-5-6-12-30)26(3,4)24(25)32-20-11-9-17(15-28)21(27)13-20;1-24(2)22(29-21(31)17-8-10-18(28-15-17)7-5-6-12-30)25(3,4)23(24)32-19-11-9-16(14-27)20(26)13-19;;/h8-13,16,23-24H,5-7,14H2,1-4H3;8-11,13,15,22-23,30H,5-7,12H2,1-4H3,(H,29,31);2*1H4. The van der Waals surface area contributed by atoms with Crippen LogP contribution in [0, 0.1) is 50.2 Å². The number of halogens is 2. The van der Waals surface area contributed by atoms with Gasteiger partial charge >= 0.3 is 0 Å². The first-order chi connectivity index (χ1) is 30.2. The van der Waals surface area contributed by atoms with E-state index in [-0.39, 0.29) is 79.0 Å². The minimum atomic E-state index is -0.322. The highest BCUT2D eigenvalue weighted by Gasteiger charge is 2.65. The molecule has 13 heteroatoms. The second-order valence-corrected chi connectivity index (χ2v) is 20.0. The molecule has 2 heterocycles. The Morgan fingerprint density at radius 3 is 1.61 bits per heavy atom. The Kier molecular flexibility index (Phi) is 19.1. The Morgan fingerprint density at radius 2 is 1.18 bits per heavy atom. The summed E-state index contributed by atoms with van der Waals surface area (Å²) < 4.78 is 12.6. The van der Waals surface area contributed by atoms with E-state index in [1.54, 1.807) is 54.9 Å². The number of nitrogens with zero attached hydrogens (tertiary/aromatic N) is 4. The fourth-order valence-corrected chi connectivity index (χ4v) is 10.6. The number of hydrogen-bond donors (Lipinski definition) is 2. The number of aryl methyl sites for hydroxylation is 2. The van der Waals surface area contributed by atoms with E-state index >= 15 is 0 Å². The van der Waals surface area contributed by atoms with Gasteiger partial charge in [-0.1, -0.05) is 93.4 Å². The van der Waals surface area contributed by atoms with Crippen molar-refractivity contribution in [2.75, 3.05) is 6.61 Å². The molecule has 2 fully saturated rings. The molecule has 0 unspecified atom stereocenters. The van der Waals surface area contributed by atoms with E-state index in [9.17, 15) is 14.4 Å². The van der Waals surface area contributed by atoms with Gasteiger partial charge in [0.1, 0.15) is 42.1 Å². The summed E-state index contributed by atoms with van der Waals surface area (Å²) in [4.78, 5) is 45.1. The minimum absolute atomic E-state index is 0. The number of rotatable bonds is 17. The van der Waals surface area contributed by atoms with Gasteiger partial charge in [-0.3, -0.25) is 19.6 Å². The van der Waals surface area contributed by atoms with E-state index in [4.69, 9.17) is 48.3 Å². The number of benzene rings is 2. The molecule has 0 bridgehead atoms. The van der Waals surface area contributed by atoms with Crippen LogP contribution in [-0.2, 0) is 17.6 Å². The average molecular weight is 941 g/mol. The number of carbonyl (C=O) groups excluding carboxylic acids is 3. The zero-order chi connectivity index (χ0) is 47.0. The van der Waals surface area contributed by atoms with Gasteiger partial charge < -0.3 is 24.7 Å². The number of Topliss-reactive ketones (excluding diaryl/α,β-unsaturated/α-hetero) is 1. The van der Waals surface area contributed by atoms with Crippen molar-refractivity contribution in [3.63, 3.8) is 0 Å². The molecule has 4 aromatic rings. The van der Waals surface area contributed by atoms with Gasteiger partial charge in [0.05, 0.1) is 26.7 Å². The predicted molar refractivity (Wildman–Crippen MR) is 261 cm³/mol. The highest BCUT2D eigenvalue weighted by molar-refractivity contribution is 6.32. The molecular formula is C53H67Cl2N5O6. The van der Waals surface area contributed by atoms with E-state index in [1.807, 2.05) is 24.3 Å². The number of unbranched alkanes of at least 4 members (excludes halogenated alkanes) is 2. The molecule has 2 saturated carbocycles. The number of aliphatic hydroxyl groups excluding tert-OH is 1. The largest absolute Gasteiger partial charge is 0.489 e. The fourth-order valence-electron chi connectivity index (χ4n) is 10.2. The number of nitrogens with one attached hydrogen (secondary N) is 1. The zero-order valence-electron chi connectivity index (χ0n) is 38.0. The number of aromatic nitrogens is 2. The summed E-state index contributed by atoms with van der Waals surface area (Å²) in [6.07, 6.45) is 8.72. The van der Waals surface area contributed by atoms with E-state index in [1.165, 1.54) is 0 Å². The molecule has 2 aromatic heterocycles. The third kappa shape index (κ3) is 12.2. The second-order valence-electron chi connectivity index (χ2n) is 19.2. The van der Waals surface area contributed by atoms with Crippen LogP contribution in [0.5, 0.6) is 11.5 Å². The van der Waals surface area contributed by atoms with Crippen LogP contribution in [0.1, 0.15) is 146 Å². The van der Waals surface area contributed by atoms with Crippen molar-refractivity contribution in [2.24, 2.45) is 27.6 Å². The van der Waals surface area contributed by atoms with Gasteiger partial charge in [0.2, 0.25) is 0 Å². The van der Waals surface area contributed by atoms with Gasteiger partial charge in [0.15, 0.2) is 5.78 Å². The molecule has 11 nitrogen and oxygen atoms in total. The SMILES string of the molecule is C.C.CC1(C)C(CC(=O)c2ccc(CCCC=O)nc2)C(C)(C)C1Oc1ccc(C#N)c(Cl)c1.CC1(C)C(NC(=O)c2ccc(CCCCO)nc2)C(C)(C)C1Oc1ccc(C#N)c(Cl)c1. The molecule has 2 N–H and O–H groups in total. The van der Waals surface area contributed by atoms with Crippen LogP contribution in [0.3, 0.4) is 0 Å². The van der Waals surface area contributed by atoms with Gasteiger partial charge in [-0.25, -0.2) is 0 Å². The first-order valence-electron chi connectivity index (χ1n) is 21.7. The van der Waals surface area contributed by atoms with Crippen molar-refractivity contribution in [3.8, 4) is 23.6 Å². The van der Waals surface area contributed by atoms with Crippen LogP contribution >= 0.6 is 23.2 Å². The molecule has 0 spiro atoms. The summed E-state index contributed by atoms with van der Waals surface area (Å²) in [5.74, 6) is 1.27. The molecule has 6 rings (SSSR count). The lowest BCUT2D eigenvalue weighted by atomic mass is 9.44. The fraction of sp³-hybridized carbons (Fsp3) is 0.491. The molecular weight excluding hydrogens is 874 g/mol. The van der Waals surface area contributed by atoms with Crippen molar-refractivity contribution in [2.45, 2.75) is 133 Å². The topological polar surface area (TPSA) is 175 Å². The lowest BCUT2D eigenvalue weighted by molar-refractivity contribution is -0.196. The number of amides is 1. The third-order valence-corrected chi connectivity index (χ3v) is 13.7. The van der Waals surface area contributed by atoms with Crippen molar-refractivity contribution >= 4 is 41.2 Å². The number of hydrogen-bond acceptors (Lipinski definition) is 10. The van der Waals surface area contributed by atoms with Gasteiger partial charge in [-0.2, -0.15) is 10.5 Å². The molecule has 2 aromatic carbocycles.